The Morgan fingerprint density at radius 2 is 1.79 bits per heavy atom. The van der Waals surface area contributed by atoms with Gasteiger partial charge in [-0.15, -0.1) is 0 Å². The average Bonchev–Trinajstić information content (AvgIpc) is 3.08. The second-order valence-electron chi connectivity index (χ2n) is 10.6. The highest BCUT2D eigenvalue weighted by Gasteiger charge is 2.55. The third-order valence-electron chi connectivity index (χ3n) is 8.71. The largest absolute Gasteiger partial charge is 0.325 e. The molecule has 3 aliphatic rings. The summed E-state index contributed by atoms with van der Waals surface area (Å²) in [4.78, 5) is 20.0. The molecule has 2 aromatic carbocycles. The lowest BCUT2D eigenvalue weighted by Gasteiger charge is -2.51. The van der Waals surface area contributed by atoms with Crippen LogP contribution in [0.5, 0.6) is 0 Å². The lowest BCUT2D eigenvalue weighted by atomic mass is 9.68. The minimum Gasteiger partial charge on any atom is -0.317 e. The van der Waals surface area contributed by atoms with Crippen molar-refractivity contribution in [3.8, 4) is 6.07 Å². The van der Waals surface area contributed by atoms with E-state index < -0.39 is 5.82 Å². The maximum atomic E-state index is 14.0. The van der Waals surface area contributed by atoms with E-state index >= 15 is 0 Å². The number of hydrogen-bond acceptors (Lipinski definition) is 3. The van der Waals surface area contributed by atoms with Gasteiger partial charge in [-0.25, -0.2) is 9.18 Å². The van der Waals surface area contributed by atoms with Crippen LogP contribution in [-0.2, 0) is 5.54 Å². The van der Waals surface area contributed by atoms with E-state index in [0.29, 0.717) is 18.2 Å². The molecule has 2 aliphatic carbocycles. The summed E-state index contributed by atoms with van der Waals surface area (Å²) < 4.78 is 14.0. The van der Waals surface area contributed by atoms with Gasteiger partial charge in [-0.2, -0.15) is 5.26 Å². The lowest BCUT2D eigenvalue weighted by Crippen LogP contribution is -2.56. The van der Waals surface area contributed by atoms with Gasteiger partial charge in [0.2, 0.25) is 0 Å². The molecule has 34 heavy (non-hydrogen) atoms. The molecule has 1 aliphatic heterocycles. The van der Waals surface area contributed by atoms with Crippen LogP contribution in [0.2, 0.25) is 0 Å². The predicted octanol–water partition coefficient (Wildman–Crippen LogP) is 5.51. The van der Waals surface area contributed by atoms with Gasteiger partial charge in [-0.3, -0.25) is 9.80 Å². The molecule has 3 fully saturated rings. The number of amides is 2. The van der Waals surface area contributed by atoms with Gasteiger partial charge in [-0.1, -0.05) is 36.8 Å². The molecule has 5 rings (SSSR count). The van der Waals surface area contributed by atoms with Crippen molar-refractivity contribution in [2.75, 3.05) is 32.1 Å². The summed E-state index contributed by atoms with van der Waals surface area (Å²) in [5.41, 5.74) is 1.65. The van der Waals surface area contributed by atoms with Crippen molar-refractivity contribution in [1.29, 1.82) is 5.26 Å². The molecule has 0 aromatic heterocycles. The summed E-state index contributed by atoms with van der Waals surface area (Å²) >= 11 is 0. The van der Waals surface area contributed by atoms with Crippen molar-refractivity contribution < 1.29 is 9.18 Å². The van der Waals surface area contributed by atoms with Crippen LogP contribution in [0.15, 0.2) is 48.5 Å². The van der Waals surface area contributed by atoms with Crippen molar-refractivity contribution >= 4 is 11.7 Å². The van der Waals surface area contributed by atoms with Gasteiger partial charge in [0.15, 0.2) is 0 Å². The number of anilines is 1. The van der Waals surface area contributed by atoms with Gasteiger partial charge in [-0.05, 0) is 82.3 Å². The fourth-order valence-corrected chi connectivity index (χ4v) is 6.27. The summed E-state index contributed by atoms with van der Waals surface area (Å²) in [6.45, 7) is 1.38. The molecule has 0 bridgehead atoms. The molecule has 178 valence electrons. The molecule has 0 atom stereocenters. The second-order valence-corrected chi connectivity index (χ2v) is 10.6. The molecule has 2 saturated carbocycles. The number of benzene rings is 2. The molecule has 2 aromatic rings. The standard InChI is InChI=1S/C28H33FN4O/c1-31(2)28(23-9-4-3-5-10-23)15-13-27(14-16-28)20-32(24-11-12-25(29)22(17-24)18-30)26(34)33(27)19-21-7-6-8-21/h3-5,9-12,17,21H,6-8,13-16,19-20H2,1-2H3/t27-,28+. The van der Waals surface area contributed by atoms with Gasteiger partial charge >= 0.3 is 6.03 Å². The van der Waals surface area contributed by atoms with Crippen molar-refractivity contribution in [3.63, 3.8) is 0 Å². The first-order valence-corrected chi connectivity index (χ1v) is 12.4. The second kappa shape index (κ2) is 8.70. The van der Waals surface area contributed by atoms with Crippen molar-refractivity contribution in [2.24, 2.45) is 5.92 Å². The number of carbonyl (C=O) groups excluding carboxylic acids is 1. The molecule has 1 spiro atoms. The van der Waals surface area contributed by atoms with Crippen molar-refractivity contribution in [1.82, 2.24) is 9.80 Å². The number of nitrogens with zero attached hydrogens (tertiary/aromatic N) is 4. The van der Waals surface area contributed by atoms with E-state index in [0.717, 1.165) is 32.2 Å². The molecule has 0 N–H and O–H groups in total. The Kier molecular flexibility index (Phi) is 5.85. The van der Waals surface area contributed by atoms with Crippen LogP contribution in [0, 0.1) is 23.1 Å². The average molecular weight is 461 g/mol. The Hall–Kier alpha value is -2.91. The van der Waals surface area contributed by atoms with Crippen LogP contribution in [-0.4, -0.2) is 48.6 Å². The first kappa shape index (κ1) is 22.9. The van der Waals surface area contributed by atoms with E-state index in [4.69, 9.17) is 0 Å². The highest BCUT2D eigenvalue weighted by atomic mass is 19.1. The maximum absolute atomic E-state index is 14.0. The summed E-state index contributed by atoms with van der Waals surface area (Å²) in [6, 6.07) is 17.1. The molecular formula is C28H33FN4O. The van der Waals surface area contributed by atoms with Crippen molar-refractivity contribution in [2.45, 2.75) is 56.0 Å². The van der Waals surface area contributed by atoms with Gasteiger partial charge in [0.1, 0.15) is 11.9 Å². The Bertz CT molecular complexity index is 1100. The third kappa shape index (κ3) is 3.67. The minimum atomic E-state index is -0.546. The van der Waals surface area contributed by atoms with E-state index in [1.807, 2.05) is 6.07 Å². The van der Waals surface area contributed by atoms with Crippen LogP contribution in [0.4, 0.5) is 14.9 Å². The first-order valence-electron chi connectivity index (χ1n) is 12.4. The van der Waals surface area contributed by atoms with Crippen LogP contribution in [0.3, 0.4) is 0 Å². The zero-order chi connectivity index (χ0) is 23.9. The molecule has 0 unspecified atom stereocenters. The number of hydrogen-bond donors (Lipinski definition) is 0. The smallest absolute Gasteiger partial charge is 0.317 e. The molecular weight excluding hydrogens is 427 g/mol. The number of halogens is 1. The Balaban J connectivity index is 1.47. The van der Waals surface area contributed by atoms with E-state index in [1.54, 1.807) is 11.0 Å². The summed E-state index contributed by atoms with van der Waals surface area (Å²) in [5.74, 6) is 0.0218. The Morgan fingerprint density at radius 3 is 2.38 bits per heavy atom. The SMILES string of the molecule is CN(C)[C@]1(c2ccccc2)CC[C@]2(CC1)CN(c1ccc(F)c(C#N)c1)C(=O)N2CC1CCC1. The quantitative estimate of drug-likeness (QED) is 0.591. The third-order valence-corrected chi connectivity index (χ3v) is 8.71. The normalized spacial score (nSPS) is 27.3. The highest BCUT2D eigenvalue weighted by molar-refractivity contribution is 5.95. The van der Waals surface area contributed by atoms with E-state index in [2.05, 4.69) is 54.2 Å². The van der Waals surface area contributed by atoms with Crippen LogP contribution in [0.25, 0.3) is 0 Å². The molecule has 6 heteroatoms. The van der Waals surface area contributed by atoms with E-state index in [1.165, 1.54) is 37.0 Å². The van der Waals surface area contributed by atoms with Gasteiger partial charge in [0.25, 0.3) is 0 Å². The monoisotopic (exact) mass is 460 g/mol. The lowest BCUT2D eigenvalue weighted by molar-refractivity contribution is 0.0172. The first-order chi connectivity index (χ1) is 16.4. The van der Waals surface area contributed by atoms with Crippen LogP contribution >= 0.6 is 0 Å². The topological polar surface area (TPSA) is 50.6 Å². The maximum Gasteiger partial charge on any atom is 0.325 e. The fraction of sp³-hybridized carbons (Fsp3) is 0.500. The predicted molar refractivity (Wildman–Crippen MR) is 131 cm³/mol. The van der Waals surface area contributed by atoms with Crippen LogP contribution < -0.4 is 4.90 Å². The molecule has 1 saturated heterocycles. The zero-order valence-electron chi connectivity index (χ0n) is 20.1. The zero-order valence-corrected chi connectivity index (χ0v) is 20.1. The fourth-order valence-electron chi connectivity index (χ4n) is 6.27. The minimum absolute atomic E-state index is 0.000498. The Labute approximate surface area is 201 Å². The summed E-state index contributed by atoms with van der Waals surface area (Å²) in [6.07, 6.45) is 7.38. The molecule has 5 nitrogen and oxygen atoms in total. The summed E-state index contributed by atoms with van der Waals surface area (Å²) in [5, 5.41) is 9.31. The molecule has 2 amide bonds. The van der Waals surface area contributed by atoms with Crippen molar-refractivity contribution in [3.05, 3.63) is 65.5 Å². The Morgan fingerprint density at radius 1 is 1.09 bits per heavy atom. The number of nitriles is 1. The molecule has 1 heterocycles. The molecule has 0 radical (unpaired) electrons. The highest BCUT2D eigenvalue weighted by Crippen LogP contribution is 2.50. The van der Waals surface area contributed by atoms with Crippen LogP contribution in [0.1, 0.15) is 56.1 Å². The van der Waals surface area contributed by atoms with Gasteiger partial charge in [0, 0.05) is 17.8 Å². The van der Waals surface area contributed by atoms with Gasteiger partial charge in [0.05, 0.1) is 17.6 Å². The van der Waals surface area contributed by atoms with E-state index in [9.17, 15) is 14.4 Å². The number of rotatable bonds is 5. The van der Waals surface area contributed by atoms with Gasteiger partial charge < -0.3 is 4.90 Å². The summed E-state index contributed by atoms with van der Waals surface area (Å²) in [7, 11) is 4.32. The van der Waals surface area contributed by atoms with E-state index in [-0.39, 0.29) is 22.7 Å². The number of carbonyl (C=O) groups is 1. The number of urea groups is 1.